The molecule has 0 radical (unpaired) electrons. The van der Waals surface area contributed by atoms with Gasteiger partial charge in [0, 0.05) is 5.92 Å². The van der Waals surface area contributed by atoms with Gasteiger partial charge in [-0.1, -0.05) is 31.8 Å². The molecule has 0 aliphatic heterocycles. The topological polar surface area (TPSA) is 64.9 Å². The van der Waals surface area contributed by atoms with E-state index < -0.39 is 0 Å². The van der Waals surface area contributed by atoms with E-state index in [-0.39, 0.29) is 23.9 Å². The zero-order valence-electron chi connectivity index (χ0n) is 9.19. The van der Waals surface area contributed by atoms with E-state index in [9.17, 15) is 0 Å². The van der Waals surface area contributed by atoms with E-state index in [1.54, 1.807) is 0 Å². The van der Waals surface area contributed by atoms with Crippen molar-refractivity contribution >= 4 is 12.4 Å². The SMILES string of the molecule is CC(C)c1nc(C2(N)CCCC2)no1.Cl. The highest BCUT2D eigenvalue weighted by atomic mass is 35.5. The summed E-state index contributed by atoms with van der Waals surface area (Å²) in [6.45, 7) is 4.07. The highest BCUT2D eigenvalue weighted by Crippen LogP contribution is 2.34. The number of nitrogens with zero attached hydrogens (tertiary/aromatic N) is 2. The zero-order valence-corrected chi connectivity index (χ0v) is 10.0. The van der Waals surface area contributed by atoms with E-state index in [4.69, 9.17) is 10.3 Å². The van der Waals surface area contributed by atoms with Gasteiger partial charge in [-0.25, -0.2) is 0 Å². The van der Waals surface area contributed by atoms with E-state index in [2.05, 4.69) is 10.1 Å². The first-order valence-electron chi connectivity index (χ1n) is 5.25. The molecule has 0 bridgehead atoms. The predicted octanol–water partition coefficient (Wildman–Crippen LogP) is 2.34. The third kappa shape index (κ3) is 2.32. The summed E-state index contributed by atoms with van der Waals surface area (Å²) in [5, 5.41) is 3.98. The summed E-state index contributed by atoms with van der Waals surface area (Å²) in [7, 11) is 0. The highest BCUT2D eigenvalue weighted by Gasteiger charge is 2.36. The molecule has 0 unspecified atom stereocenters. The predicted molar refractivity (Wildman–Crippen MR) is 60.0 cm³/mol. The van der Waals surface area contributed by atoms with Gasteiger partial charge in [0.15, 0.2) is 5.82 Å². The zero-order chi connectivity index (χ0) is 10.2. The second-order valence-electron chi connectivity index (χ2n) is 4.47. The summed E-state index contributed by atoms with van der Waals surface area (Å²) in [5.74, 6) is 1.66. The Kier molecular flexibility index (Phi) is 3.73. The maximum atomic E-state index is 6.21. The van der Waals surface area contributed by atoms with Crippen molar-refractivity contribution in [1.29, 1.82) is 0 Å². The lowest BCUT2D eigenvalue weighted by Gasteiger charge is -2.17. The van der Waals surface area contributed by atoms with Crippen molar-refractivity contribution in [3.63, 3.8) is 0 Å². The number of aromatic nitrogens is 2. The summed E-state index contributed by atoms with van der Waals surface area (Å²) in [4.78, 5) is 4.36. The van der Waals surface area contributed by atoms with Crippen LogP contribution in [0.4, 0.5) is 0 Å². The van der Waals surface area contributed by atoms with E-state index in [0.717, 1.165) is 12.8 Å². The molecule has 1 aromatic heterocycles. The van der Waals surface area contributed by atoms with Crippen LogP contribution in [0.1, 0.15) is 57.2 Å². The Hall–Kier alpha value is -0.610. The second-order valence-corrected chi connectivity index (χ2v) is 4.47. The summed E-state index contributed by atoms with van der Waals surface area (Å²) in [5.41, 5.74) is 5.89. The number of rotatable bonds is 2. The smallest absolute Gasteiger partial charge is 0.229 e. The molecule has 0 spiro atoms. The molecule has 5 heteroatoms. The Morgan fingerprint density at radius 2 is 1.93 bits per heavy atom. The molecule has 86 valence electrons. The Bertz CT molecular complexity index is 318. The Morgan fingerprint density at radius 1 is 1.33 bits per heavy atom. The van der Waals surface area contributed by atoms with Gasteiger partial charge in [0.1, 0.15) is 0 Å². The molecular weight excluding hydrogens is 214 g/mol. The molecule has 1 aromatic rings. The van der Waals surface area contributed by atoms with Gasteiger partial charge < -0.3 is 10.3 Å². The monoisotopic (exact) mass is 231 g/mol. The maximum absolute atomic E-state index is 6.21. The van der Waals surface area contributed by atoms with E-state index in [1.165, 1.54) is 12.8 Å². The van der Waals surface area contributed by atoms with Crippen LogP contribution >= 0.6 is 12.4 Å². The molecule has 0 amide bonds. The summed E-state index contributed by atoms with van der Waals surface area (Å²) in [6.07, 6.45) is 4.29. The molecule has 2 rings (SSSR count). The normalized spacial score (nSPS) is 19.2. The largest absolute Gasteiger partial charge is 0.339 e. The third-order valence-electron chi connectivity index (χ3n) is 2.88. The molecule has 2 N–H and O–H groups in total. The standard InChI is InChI=1S/C10H17N3O.ClH/c1-7(2)8-12-9(13-14-8)10(11)5-3-4-6-10;/h7H,3-6,11H2,1-2H3;1H. The number of halogens is 1. The maximum Gasteiger partial charge on any atom is 0.229 e. The van der Waals surface area contributed by atoms with Crippen LogP contribution in [0.25, 0.3) is 0 Å². The third-order valence-corrected chi connectivity index (χ3v) is 2.88. The number of hydrogen-bond acceptors (Lipinski definition) is 4. The average molecular weight is 232 g/mol. The highest BCUT2D eigenvalue weighted by molar-refractivity contribution is 5.85. The molecule has 4 nitrogen and oxygen atoms in total. The molecule has 1 saturated carbocycles. The second kappa shape index (κ2) is 4.49. The Labute approximate surface area is 96.0 Å². The summed E-state index contributed by atoms with van der Waals surface area (Å²) >= 11 is 0. The van der Waals surface area contributed by atoms with E-state index >= 15 is 0 Å². The van der Waals surface area contributed by atoms with Crippen molar-refractivity contribution in [2.75, 3.05) is 0 Å². The minimum atomic E-state index is -0.323. The van der Waals surface area contributed by atoms with Crippen molar-refractivity contribution in [3.8, 4) is 0 Å². The van der Waals surface area contributed by atoms with Crippen LogP contribution in [0.5, 0.6) is 0 Å². The van der Waals surface area contributed by atoms with Crippen LogP contribution < -0.4 is 5.73 Å². The molecule has 1 heterocycles. The number of hydrogen-bond donors (Lipinski definition) is 1. The fourth-order valence-electron chi connectivity index (χ4n) is 1.90. The van der Waals surface area contributed by atoms with Gasteiger partial charge in [-0.2, -0.15) is 4.98 Å². The summed E-state index contributed by atoms with van der Waals surface area (Å²) in [6, 6.07) is 0. The van der Waals surface area contributed by atoms with Crippen molar-refractivity contribution in [3.05, 3.63) is 11.7 Å². The lowest BCUT2D eigenvalue weighted by molar-refractivity contribution is 0.341. The van der Waals surface area contributed by atoms with Gasteiger partial charge in [-0.15, -0.1) is 12.4 Å². The van der Waals surface area contributed by atoms with E-state index in [0.29, 0.717) is 11.7 Å². The fraction of sp³-hybridized carbons (Fsp3) is 0.800. The van der Waals surface area contributed by atoms with Crippen LogP contribution in [-0.2, 0) is 5.54 Å². The molecule has 1 aliphatic rings. The van der Waals surface area contributed by atoms with E-state index in [1.807, 2.05) is 13.8 Å². The van der Waals surface area contributed by atoms with Crippen molar-refractivity contribution in [1.82, 2.24) is 10.1 Å². The molecule has 0 saturated heterocycles. The molecule has 0 atom stereocenters. The first kappa shape index (κ1) is 12.5. The first-order chi connectivity index (χ1) is 6.62. The molecule has 15 heavy (non-hydrogen) atoms. The van der Waals surface area contributed by atoms with Crippen LogP contribution in [-0.4, -0.2) is 10.1 Å². The minimum absolute atomic E-state index is 0. The Morgan fingerprint density at radius 3 is 2.40 bits per heavy atom. The van der Waals surface area contributed by atoms with Crippen LogP contribution in [0, 0.1) is 0 Å². The first-order valence-corrected chi connectivity index (χ1v) is 5.25. The lowest BCUT2D eigenvalue weighted by atomic mass is 9.98. The van der Waals surface area contributed by atoms with Gasteiger partial charge in [0.2, 0.25) is 5.89 Å². The quantitative estimate of drug-likeness (QED) is 0.849. The van der Waals surface area contributed by atoms with Gasteiger partial charge in [0.25, 0.3) is 0 Å². The molecular formula is C10H18ClN3O. The van der Waals surface area contributed by atoms with Crippen LogP contribution in [0.3, 0.4) is 0 Å². The Balaban J connectivity index is 0.00000112. The van der Waals surface area contributed by atoms with Crippen molar-refractivity contribution < 1.29 is 4.52 Å². The molecule has 1 fully saturated rings. The van der Waals surface area contributed by atoms with Gasteiger partial charge >= 0.3 is 0 Å². The van der Waals surface area contributed by atoms with Gasteiger partial charge in [-0.3, -0.25) is 0 Å². The van der Waals surface area contributed by atoms with Crippen molar-refractivity contribution in [2.45, 2.75) is 51.0 Å². The molecule has 1 aliphatic carbocycles. The van der Waals surface area contributed by atoms with Crippen LogP contribution in [0.2, 0.25) is 0 Å². The average Bonchev–Trinajstić information content (AvgIpc) is 2.71. The number of nitrogens with two attached hydrogens (primary N) is 1. The van der Waals surface area contributed by atoms with Crippen LogP contribution in [0.15, 0.2) is 4.52 Å². The van der Waals surface area contributed by atoms with Crippen molar-refractivity contribution in [2.24, 2.45) is 5.73 Å². The molecule has 0 aromatic carbocycles. The summed E-state index contributed by atoms with van der Waals surface area (Å²) < 4.78 is 5.16. The minimum Gasteiger partial charge on any atom is -0.339 e. The van der Waals surface area contributed by atoms with Gasteiger partial charge in [0.05, 0.1) is 5.54 Å². The van der Waals surface area contributed by atoms with Gasteiger partial charge in [-0.05, 0) is 12.8 Å². The fourth-order valence-corrected chi connectivity index (χ4v) is 1.90. The lowest BCUT2D eigenvalue weighted by Crippen LogP contribution is -2.34.